The number of pyridine rings is 1. The first-order chi connectivity index (χ1) is 9.19. The Morgan fingerprint density at radius 3 is 2.63 bits per heavy atom. The molecule has 0 saturated carbocycles. The van der Waals surface area contributed by atoms with Gasteiger partial charge in [-0.05, 0) is 42.8 Å². The molecule has 0 aliphatic carbocycles. The van der Waals surface area contributed by atoms with Crippen molar-refractivity contribution in [1.82, 2.24) is 14.6 Å². The van der Waals surface area contributed by atoms with Gasteiger partial charge in [0.05, 0.1) is 5.56 Å². The van der Waals surface area contributed by atoms with E-state index >= 15 is 0 Å². The van der Waals surface area contributed by atoms with Crippen LogP contribution in [-0.4, -0.2) is 20.9 Å². The molecular formula is C14H10FN3O. The summed E-state index contributed by atoms with van der Waals surface area (Å²) in [4.78, 5) is 11.0. The molecule has 4 nitrogen and oxygen atoms in total. The first-order valence-corrected chi connectivity index (χ1v) is 5.75. The van der Waals surface area contributed by atoms with Crippen LogP contribution in [0.5, 0.6) is 0 Å². The average Bonchev–Trinajstić information content (AvgIpc) is 2.82. The maximum atomic E-state index is 12.9. The standard InChI is InChI=1S/C14H10FN3O/c1-9-6-11(8-19)14-17-16-13(18(14)7-9)10-2-4-12(15)5-3-10/h2-8H,1H3. The minimum Gasteiger partial charge on any atom is -0.298 e. The van der Waals surface area contributed by atoms with Gasteiger partial charge in [-0.3, -0.25) is 9.20 Å². The number of aromatic nitrogens is 3. The zero-order valence-electron chi connectivity index (χ0n) is 10.2. The molecule has 0 radical (unpaired) electrons. The third-order valence-corrected chi connectivity index (χ3v) is 2.90. The Morgan fingerprint density at radius 1 is 1.21 bits per heavy atom. The molecule has 2 heterocycles. The van der Waals surface area contributed by atoms with Crippen LogP contribution in [0.25, 0.3) is 17.0 Å². The molecule has 0 unspecified atom stereocenters. The number of benzene rings is 1. The Hall–Kier alpha value is -2.56. The van der Waals surface area contributed by atoms with Crippen molar-refractivity contribution >= 4 is 11.9 Å². The molecule has 0 aliphatic rings. The fourth-order valence-electron chi connectivity index (χ4n) is 2.04. The largest absolute Gasteiger partial charge is 0.298 e. The number of halogens is 1. The van der Waals surface area contributed by atoms with Crippen molar-refractivity contribution in [2.24, 2.45) is 0 Å². The van der Waals surface area contributed by atoms with Gasteiger partial charge < -0.3 is 0 Å². The topological polar surface area (TPSA) is 47.3 Å². The van der Waals surface area contributed by atoms with Gasteiger partial charge in [0.25, 0.3) is 0 Å². The zero-order chi connectivity index (χ0) is 13.4. The van der Waals surface area contributed by atoms with E-state index in [0.717, 1.165) is 17.4 Å². The predicted octanol–water partition coefficient (Wildman–Crippen LogP) is 2.66. The summed E-state index contributed by atoms with van der Waals surface area (Å²) in [5.41, 5.74) is 2.66. The minimum absolute atomic E-state index is 0.303. The molecule has 0 saturated heterocycles. The summed E-state index contributed by atoms with van der Waals surface area (Å²) in [7, 11) is 0. The van der Waals surface area contributed by atoms with E-state index < -0.39 is 0 Å². The molecule has 0 atom stereocenters. The van der Waals surface area contributed by atoms with Crippen LogP contribution < -0.4 is 0 Å². The highest BCUT2D eigenvalue weighted by molar-refractivity contribution is 5.85. The summed E-state index contributed by atoms with van der Waals surface area (Å²) < 4.78 is 14.7. The molecule has 0 N–H and O–H groups in total. The number of hydrogen-bond acceptors (Lipinski definition) is 3. The predicted molar refractivity (Wildman–Crippen MR) is 68.5 cm³/mol. The van der Waals surface area contributed by atoms with Crippen molar-refractivity contribution in [3.8, 4) is 11.4 Å². The number of aryl methyl sites for hydroxylation is 1. The maximum absolute atomic E-state index is 12.9. The monoisotopic (exact) mass is 255 g/mol. The fraction of sp³-hybridized carbons (Fsp3) is 0.0714. The molecule has 2 aromatic heterocycles. The summed E-state index contributed by atoms with van der Waals surface area (Å²) in [6, 6.07) is 7.76. The summed E-state index contributed by atoms with van der Waals surface area (Å²) in [6.07, 6.45) is 2.60. The van der Waals surface area contributed by atoms with E-state index in [0.29, 0.717) is 17.0 Å². The average molecular weight is 255 g/mol. The lowest BCUT2D eigenvalue weighted by Gasteiger charge is -2.02. The van der Waals surface area contributed by atoms with Crippen molar-refractivity contribution < 1.29 is 9.18 Å². The Bertz CT molecular complexity index is 762. The molecule has 0 fully saturated rings. The normalized spacial score (nSPS) is 10.8. The van der Waals surface area contributed by atoms with Crippen LogP contribution in [0.2, 0.25) is 0 Å². The number of carbonyl (C=O) groups is 1. The lowest BCUT2D eigenvalue weighted by molar-refractivity contribution is 0.112. The van der Waals surface area contributed by atoms with E-state index in [-0.39, 0.29) is 5.82 Å². The third kappa shape index (κ3) is 1.89. The molecule has 1 aromatic carbocycles. The summed E-state index contributed by atoms with van der Waals surface area (Å²) in [6.45, 7) is 1.89. The Kier molecular flexibility index (Phi) is 2.59. The highest BCUT2D eigenvalue weighted by atomic mass is 19.1. The van der Waals surface area contributed by atoms with E-state index in [9.17, 15) is 9.18 Å². The molecule has 0 aliphatic heterocycles. The van der Waals surface area contributed by atoms with Gasteiger partial charge in [-0.25, -0.2) is 4.39 Å². The van der Waals surface area contributed by atoms with E-state index in [1.807, 2.05) is 13.1 Å². The van der Waals surface area contributed by atoms with Gasteiger partial charge in [-0.1, -0.05) is 0 Å². The van der Waals surface area contributed by atoms with Crippen molar-refractivity contribution in [2.75, 3.05) is 0 Å². The van der Waals surface area contributed by atoms with Crippen LogP contribution in [0.3, 0.4) is 0 Å². The second-order valence-electron chi connectivity index (χ2n) is 4.31. The van der Waals surface area contributed by atoms with Gasteiger partial charge in [0, 0.05) is 11.8 Å². The molecule has 0 bridgehead atoms. The number of hydrogen-bond donors (Lipinski definition) is 0. The number of rotatable bonds is 2. The van der Waals surface area contributed by atoms with Crippen LogP contribution >= 0.6 is 0 Å². The second kappa shape index (κ2) is 4.28. The minimum atomic E-state index is -0.303. The van der Waals surface area contributed by atoms with Crippen LogP contribution in [-0.2, 0) is 0 Å². The summed E-state index contributed by atoms with van der Waals surface area (Å²) >= 11 is 0. The zero-order valence-corrected chi connectivity index (χ0v) is 10.2. The third-order valence-electron chi connectivity index (χ3n) is 2.90. The molecule has 0 spiro atoms. The first-order valence-electron chi connectivity index (χ1n) is 5.75. The molecule has 0 amide bonds. The van der Waals surface area contributed by atoms with Crippen molar-refractivity contribution in [1.29, 1.82) is 0 Å². The fourth-order valence-corrected chi connectivity index (χ4v) is 2.04. The quantitative estimate of drug-likeness (QED) is 0.661. The molecular weight excluding hydrogens is 245 g/mol. The first kappa shape index (κ1) is 11.5. The van der Waals surface area contributed by atoms with Gasteiger partial charge >= 0.3 is 0 Å². The van der Waals surface area contributed by atoms with Crippen LogP contribution in [0.4, 0.5) is 4.39 Å². The number of carbonyl (C=O) groups excluding carboxylic acids is 1. The van der Waals surface area contributed by atoms with Crippen molar-refractivity contribution in [3.05, 3.63) is 53.5 Å². The van der Waals surface area contributed by atoms with Gasteiger partial charge in [-0.2, -0.15) is 0 Å². The van der Waals surface area contributed by atoms with E-state index in [1.165, 1.54) is 12.1 Å². The van der Waals surface area contributed by atoms with Crippen LogP contribution in [0.1, 0.15) is 15.9 Å². The van der Waals surface area contributed by atoms with Crippen molar-refractivity contribution in [3.63, 3.8) is 0 Å². The number of aldehydes is 1. The molecule has 3 rings (SSSR count). The number of fused-ring (bicyclic) bond motifs is 1. The molecule has 3 aromatic rings. The van der Waals surface area contributed by atoms with Crippen molar-refractivity contribution in [2.45, 2.75) is 6.92 Å². The Balaban J connectivity index is 2.28. The highest BCUT2D eigenvalue weighted by Gasteiger charge is 2.11. The van der Waals surface area contributed by atoms with E-state index in [1.54, 1.807) is 22.6 Å². The summed E-state index contributed by atoms with van der Waals surface area (Å²) in [5.74, 6) is 0.282. The van der Waals surface area contributed by atoms with E-state index in [2.05, 4.69) is 10.2 Å². The Labute approximate surface area is 108 Å². The summed E-state index contributed by atoms with van der Waals surface area (Å²) in [5, 5.41) is 8.09. The molecule has 94 valence electrons. The molecule has 19 heavy (non-hydrogen) atoms. The maximum Gasteiger partial charge on any atom is 0.171 e. The number of nitrogens with zero attached hydrogens (tertiary/aromatic N) is 3. The van der Waals surface area contributed by atoms with E-state index in [4.69, 9.17) is 0 Å². The van der Waals surface area contributed by atoms with Crippen LogP contribution in [0.15, 0.2) is 36.5 Å². The second-order valence-corrected chi connectivity index (χ2v) is 4.31. The highest BCUT2D eigenvalue weighted by Crippen LogP contribution is 2.20. The Morgan fingerprint density at radius 2 is 1.95 bits per heavy atom. The van der Waals surface area contributed by atoms with Gasteiger partial charge in [0.1, 0.15) is 5.82 Å². The lowest BCUT2D eigenvalue weighted by atomic mass is 10.2. The smallest absolute Gasteiger partial charge is 0.171 e. The lowest BCUT2D eigenvalue weighted by Crippen LogP contribution is -1.95. The van der Waals surface area contributed by atoms with Gasteiger partial charge in [-0.15, -0.1) is 10.2 Å². The molecule has 5 heteroatoms. The van der Waals surface area contributed by atoms with Gasteiger partial charge in [0.15, 0.2) is 17.8 Å². The van der Waals surface area contributed by atoms with Gasteiger partial charge in [0.2, 0.25) is 0 Å². The SMILES string of the molecule is Cc1cc(C=O)c2nnc(-c3ccc(F)cc3)n2c1. The van der Waals surface area contributed by atoms with Crippen LogP contribution in [0, 0.1) is 12.7 Å².